The lowest BCUT2D eigenvalue weighted by Crippen LogP contribution is -2.10. The van der Waals surface area contributed by atoms with Crippen molar-refractivity contribution in [1.82, 2.24) is 0 Å². The molecule has 1 heterocycles. The van der Waals surface area contributed by atoms with Crippen LogP contribution in [0.3, 0.4) is 0 Å². The van der Waals surface area contributed by atoms with Crippen molar-refractivity contribution in [2.75, 3.05) is 4.90 Å². The van der Waals surface area contributed by atoms with Gasteiger partial charge in [-0.15, -0.1) is 11.3 Å². The summed E-state index contributed by atoms with van der Waals surface area (Å²) in [4.78, 5) is 2.42. The van der Waals surface area contributed by atoms with Crippen molar-refractivity contribution < 1.29 is 0 Å². The average molecular weight is 756 g/mol. The number of nitrogens with zero attached hydrogens (tertiary/aromatic N) is 1. The molecule has 0 atom stereocenters. The molecule has 1 nitrogen and oxygen atoms in total. The predicted molar refractivity (Wildman–Crippen MR) is 251 cm³/mol. The molecule has 0 N–H and O–H groups in total. The molecular weight excluding hydrogens is 719 g/mol. The van der Waals surface area contributed by atoms with Gasteiger partial charge in [0, 0.05) is 31.5 Å². The minimum absolute atomic E-state index is 1.11. The molecule has 0 amide bonds. The van der Waals surface area contributed by atoms with Crippen LogP contribution in [0.25, 0.3) is 86.2 Å². The van der Waals surface area contributed by atoms with Crippen LogP contribution in [-0.2, 0) is 0 Å². The Morgan fingerprint density at radius 1 is 0.276 bits per heavy atom. The van der Waals surface area contributed by atoms with Crippen LogP contribution in [0.2, 0.25) is 0 Å². The minimum atomic E-state index is 1.11. The second-order valence-electron chi connectivity index (χ2n) is 14.8. The first-order valence-corrected chi connectivity index (χ1v) is 20.7. The number of rotatable bonds is 7. The monoisotopic (exact) mass is 755 g/mol. The summed E-state index contributed by atoms with van der Waals surface area (Å²) < 4.78 is 2.59. The first-order chi connectivity index (χ1) is 28.8. The molecule has 58 heavy (non-hydrogen) atoms. The third-order valence-corrected chi connectivity index (χ3v) is 12.6. The lowest BCUT2D eigenvalue weighted by atomic mass is 9.84. The molecule has 11 aromatic rings. The van der Waals surface area contributed by atoms with Gasteiger partial charge in [0.15, 0.2) is 0 Å². The molecule has 0 fully saturated rings. The van der Waals surface area contributed by atoms with Crippen molar-refractivity contribution in [1.29, 1.82) is 0 Å². The summed E-state index contributed by atoms with van der Waals surface area (Å²) in [5, 5.41) is 7.61. The zero-order chi connectivity index (χ0) is 38.4. The molecule has 0 saturated heterocycles. The van der Waals surface area contributed by atoms with E-state index in [-0.39, 0.29) is 0 Å². The maximum atomic E-state index is 2.42. The number of hydrogen-bond acceptors (Lipinski definition) is 2. The van der Waals surface area contributed by atoms with E-state index >= 15 is 0 Å². The molecule has 1 aromatic heterocycles. The summed E-state index contributed by atoms with van der Waals surface area (Å²) in [5.41, 5.74) is 13.2. The van der Waals surface area contributed by atoms with E-state index in [1.807, 2.05) is 11.3 Å². The fourth-order valence-electron chi connectivity index (χ4n) is 8.79. The molecule has 0 aliphatic heterocycles. The highest BCUT2D eigenvalue weighted by molar-refractivity contribution is 7.26. The van der Waals surface area contributed by atoms with Gasteiger partial charge >= 0.3 is 0 Å². The first-order valence-electron chi connectivity index (χ1n) is 19.8. The molecule has 0 unspecified atom stereocenters. The highest BCUT2D eigenvalue weighted by Gasteiger charge is 2.20. The largest absolute Gasteiger partial charge is 0.310 e. The molecule has 0 spiro atoms. The molecule has 0 bridgehead atoms. The summed E-state index contributed by atoms with van der Waals surface area (Å²) in [6.45, 7) is 0. The van der Waals surface area contributed by atoms with E-state index in [9.17, 15) is 0 Å². The van der Waals surface area contributed by atoms with Crippen molar-refractivity contribution >= 4 is 70.1 Å². The average Bonchev–Trinajstić information content (AvgIpc) is 3.69. The van der Waals surface area contributed by atoms with Gasteiger partial charge in [-0.3, -0.25) is 0 Å². The highest BCUT2D eigenvalue weighted by atomic mass is 32.1. The molecule has 10 aromatic carbocycles. The maximum Gasteiger partial charge on any atom is 0.0554 e. The van der Waals surface area contributed by atoms with Crippen LogP contribution in [0.15, 0.2) is 224 Å². The zero-order valence-corrected chi connectivity index (χ0v) is 32.5. The van der Waals surface area contributed by atoms with Gasteiger partial charge in [0.2, 0.25) is 0 Å². The van der Waals surface area contributed by atoms with E-state index in [2.05, 4.69) is 229 Å². The molecular formula is C56H37NS. The lowest BCUT2D eigenvalue weighted by molar-refractivity contribution is 1.30. The third kappa shape index (κ3) is 5.86. The van der Waals surface area contributed by atoms with E-state index < -0.39 is 0 Å². The highest BCUT2D eigenvalue weighted by Crippen LogP contribution is 2.47. The Labute approximate surface area is 342 Å². The lowest BCUT2D eigenvalue weighted by Gasteiger charge is -2.27. The molecule has 0 aliphatic carbocycles. The van der Waals surface area contributed by atoms with Gasteiger partial charge in [0.25, 0.3) is 0 Å². The topological polar surface area (TPSA) is 3.24 Å². The third-order valence-electron chi connectivity index (χ3n) is 11.5. The van der Waals surface area contributed by atoms with Gasteiger partial charge in [-0.05, 0) is 115 Å². The smallest absolute Gasteiger partial charge is 0.0554 e. The van der Waals surface area contributed by atoms with Crippen molar-refractivity contribution in [3.63, 3.8) is 0 Å². The zero-order valence-electron chi connectivity index (χ0n) is 31.7. The fraction of sp³-hybridized carbons (Fsp3) is 0. The van der Waals surface area contributed by atoms with E-state index in [0.29, 0.717) is 0 Å². The number of benzene rings is 10. The van der Waals surface area contributed by atoms with Crippen molar-refractivity contribution in [2.45, 2.75) is 0 Å². The second kappa shape index (κ2) is 14.4. The van der Waals surface area contributed by atoms with Gasteiger partial charge in [-0.1, -0.05) is 176 Å². The van der Waals surface area contributed by atoms with Crippen LogP contribution in [0, 0.1) is 0 Å². The minimum Gasteiger partial charge on any atom is -0.310 e. The fourth-order valence-corrected chi connectivity index (χ4v) is 9.91. The molecule has 2 heteroatoms. The summed E-state index contributed by atoms with van der Waals surface area (Å²) in [5.74, 6) is 0. The Balaban J connectivity index is 1.08. The summed E-state index contributed by atoms with van der Waals surface area (Å²) in [7, 11) is 0. The molecule has 0 radical (unpaired) electrons. The Bertz CT molecular complexity index is 3240. The van der Waals surface area contributed by atoms with Crippen molar-refractivity contribution in [2.24, 2.45) is 0 Å². The van der Waals surface area contributed by atoms with Gasteiger partial charge in [0.1, 0.15) is 0 Å². The van der Waals surface area contributed by atoms with Crippen LogP contribution in [0.4, 0.5) is 17.1 Å². The quantitative estimate of drug-likeness (QED) is 0.146. The summed E-state index contributed by atoms with van der Waals surface area (Å²) in [6.07, 6.45) is 0. The molecule has 0 saturated carbocycles. The first kappa shape index (κ1) is 34.0. The Morgan fingerprint density at radius 2 is 0.724 bits per heavy atom. The summed E-state index contributed by atoms with van der Waals surface area (Å²) in [6, 6.07) is 81.9. The second-order valence-corrected chi connectivity index (χ2v) is 15.9. The van der Waals surface area contributed by atoms with Gasteiger partial charge < -0.3 is 4.90 Å². The Morgan fingerprint density at radius 3 is 1.36 bits per heavy atom. The SMILES string of the molecule is c1ccc(-c2ccc(N(c3ccc(-c4ccc5c(c4)c(-c4ccccc4)c(-c4ccccc4)c4ccccc45)cc3)c3cccc4sc5ccccc5c34)cc2)cc1. The van der Waals surface area contributed by atoms with Crippen LogP contribution >= 0.6 is 11.3 Å². The molecule has 272 valence electrons. The summed E-state index contributed by atoms with van der Waals surface area (Å²) >= 11 is 1.86. The van der Waals surface area contributed by atoms with Crippen molar-refractivity contribution in [3.05, 3.63) is 224 Å². The van der Waals surface area contributed by atoms with E-state index in [1.54, 1.807) is 0 Å². The Kier molecular flexibility index (Phi) is 8.42. The standard InChI is InChI=1S/C56H37NS/c1-4-15-38(16-5-1)39-27-32-44(33-28-39)57(51-24-14-26-53-56(51)49-23-12-13-25-52(49)58-53)45-34-29-40(30-35-45)43-31-36-47-46-21-10-11-22-48(46)54(41-17-6-2-7-18-41)55(50(47)37-43)42-19-8-3-9-20-42/h1-37H. The van der Waals surface area contributed by atoms with Crippen molar-refractivity contribution in [3.8, 4) is 44.5 Å². The van der Waals surface area contributed by atoms with Gasteiger partial charge in [-0.25, -0.2) is 0 Å². The van der Waals surface area contributed by atoms with Gasteiger partial charge in [0.05, 0.1) is 5.69 Å². The number of hydrogen-bond donors (Lipinski definition) is 0. The number of anilines is 3. The maximum absolute atomic E-state index is 2.42. The van der Waals surface area contributed by atoms with Gasteiger partial charge in [-0.2, -0.15) is 0 Å². The molecule has 0 aliphatic rings. The Hall–Kier alpha value is -7.26. The van der Waals surface area contributed by atoms with Crippen LogP contribution < -0.4 is 4.90 Å². The van der Waals surface area contributed by atoms with E-state index in [0.717, 1.165) is 11.4 Å². The van der Waals surface area contributed by atoms with Crippen LogP contribution in [-0.4, -0.2) is 0 Å². The molecule has 11 rings (SSSR count). The number of thiophene rings is 1. The van der Waals surface area contributed by atoms with Crippen LogP contribution in [0.5, 0.6) is 0 Å². The van der Waals surface area contributed by atoms with Crippen LogP contribution in [0.1, 0.15) is 0 Å². The van der Waals surface area contributed by atoms with E-state index in [4.69, 9.17) is 0 Å². The van der Waals surface area contributed by atoms with E-state index in [1.165, 1.54) is 91.9 Å². The normalized spacial score (nSPS) is 11.4. The number of fused-ring (bicyclic) bond motifs is 6. The predicted octanol–water partition coefficient (Wildman–Crippen LogP) is 16.5.